The fourth-order valence-corrected chi connectivity index (χ4v) is 2.05. The van der Waals surface area contributed by atoms with E-state index >= 15 is 0 Å². The summed E-state index contributed by atoms with van der Waals surface area (Å²) in [6.45, 7) is -0.402. The Kier molecular flexibility index (Phi) is 2.92. The van der Waals surface area contributed by atoms with Crippen molar-refractivity contribution in [1.82, 2.24) is 9.88 Å². The van der Waals surface area contributed by atoms with Crippen LogP contribution in [0.15, 0.2) is 22.9 Å². The molecule has 0 saturated carbocycles. The van der Waals surface area contributed by atoms with Crippen molar-refractivity contribution >= 4 is 21.8 Å². The van der Waals surface area contributed by atoms with Gasteiger partial charge in [0.2, 0.25) is 0 Å². The highest BCUT2D eigenvalue weighted by atomic mass is 79.9. The molecule has 0 bridgehead atoms. The molecule has 3 nitrogen and oxygen atoms in total. The number of hydrogen-bond donors (Lipinski definition) is 0. The van der Waals surface area contributed by atoms with E-state index in [0.29, 0.717) is 10.0 Å². The lowest BCUT2D eigenvalue weighted by Gasteiger charge is -2.16. The van der Waals surface area contributed by atoms with E-state index in [9.17, 15) is 13.6 Å². The standard InChI is InChI=1S/C10H9BrF2N2O/c11-8-5-14-3-1-7(8)9(16)15-4-2-10(12,13)6-15/h1,3,5H,2,4,6H2. The van der Waals surface area contributed by atoms with Crippen LogP contribution in [0.1, 0.15) is 16.8 Å². The molecule has 86 valence electrons. The second-order valence-electron chi connectivity index (χ2n) is 3.69. The molecule has 0 atom stereocenters. The summed E-state index contributed by atoms with van der Waals surface area (Å²) in [5, 5.41) is 0. The van der Waals surface area contributed by atoms with Gasteiger partial charge in [-0.15, -0.1) is 0 Å². The maximum Gasteiger partial charge on any atom is 0.267 e. The van der Waals surface area contributed by atoms with Gasteiger partial charge in [0.25, 0.3) is 11.8 Å². The quantitative estimate of drug-likeness (QED) is 0.795. The first kappa shape index (κ1) is 11.4. The highest BCUT2D eigenvalue weighted by Gasteiger charge is 2.40. The fourth-order valence-electron chi connectivity index (χ4n) is 1.63. The molecule has 0 radical (unpaired) electrons. The van der Waals surface area contributed by atoms with Crippen molar-refractivity contribution in [2.45, 2.75) is 12.3 Å². The molecule has 0 aromatic carbocycles. The molecule has 1 saturated heterocycles. The third-order valence-electron chi connectivity index (χ3n) is 2.46. The Morgan fingerprint density at radius 1 is 1.56 bits per heavy atom. The highest BCUT2D eigenvalue weighted by Crippen LogP contribution is 2.28. The van der Waals surface area contributed by atoms with E-state index in [2.05, 4.69) is 20.9 Å². The second kappa shape index (κ2) is 4.08. The van der Waals surface area contributed by atoms with E-state index in [4.69, 9.17) is 0 Å². The zero-order chi connectivity index (χ0) is 11.8. The van der Waals surface area contributed by atoms with Crippen LogP contribution in [-0.2, 0) is 0 Å². The molecule has 1 aromatic heterocycles. The van der Waals surface area contributed by atoms with E-state index in [1.54, 1.807) is 0 Å². The minimum absolute atomic E-state index is 0.0978. The van der Waals surface area contributed by atoms with Gasteiger partial charge >= 0.3 is 0 Å². The van der Waals surface area contributed by atoms with Crippen LogP contribution >= 0.6 is 15.9 Å². The van der Waals surface area contributed by atoms with Gasteiger partial charge in [0.1, 0.15) is 0 Å². The van der Waals surface area contributed by atoms with Crippen molar-refractivity contribution in [3.8, 4) is 0 Å². The lowest BCUT2D eigenvalue weighted by atomic mass is 10.2. The molecule has 1 amide bonds. The number of alkyl halides is 2. The number of amides is 1. The first-order valence-electron chi connectivity index (χ1n) is 4.76. The number of aromatic nitrogens is 1. The minimum Gasteiger partial charge on any atom is -0.332 e. The smallest absolute Gasteiger partial charge is 0.267 e. The van der Waals surface area contributed by atoms with Crippen LogP contribution < -0.4 is 0 Å². The molecule has 16 heavy (non-hydrogen) atoms. The Morgan fingerprint density at radius 3 is 2.88 bits per heavy atom. The first-order valence-corrected chi connectivity index (χ1v) is 5.55. The van der Waals surface area contributed by atoms with Gasteiger partial charge in [0, 0.05) is 29.8 Å². The molecule has 0 aliphatic carbocycles. The molecule has 1 aliphatic heterocycles. The topological polar surface area (TPSA) is 33.2 Å². The molecular formula is C10H9BrF2N2O. The molecule has 0 spiro atoms. The number of halogens is 3. The molecule has 2 rings (SSSR count). The van der Waals surface area contributed by atoms with E-state index in [1.807, 2.05) is 0 Å². The van der Waals surface area contributed by atoms with Gasteiger partial charge in [-0.25, -0.2) is 8.78 Å². The van der Waals surface area contributed by atoms with Crippen LogP contribution in [0, 0.1) is 0 Å². The molecule has 0 N–H and O–H groups in total. The summed E-state index contributed by atoms with van der Waals surface area (Å²) in [7, 11) is 0. The third kappa shape index (κ3) is 2.21. The number of carbonyl (C=O) groups is 1. The third-order valence-corrected chi connectivity index (χ3v) is 3.09. The summed E-state index contributed by atoms with van der Waals surface area (Å²) in [6, 6.07) is 1.52. The highest BCUT2D eigenvalue weighted by molar-refractivity contribution is 9.10. The lowest BCUT2D eigenvalue weighted by molar-refractivity contribution is 0.0120. The normalized spacial score (nSPS) is 18.8. The van der Waals surface area contributed by atoms with E-state index < -0.39 is 12.5 Å². The molecule has 6 heteroatoms. The average molecular weight is 291 g/mol. The second-order valence-corrected chi connectivity index (χ2v) is 4.54. The number of carbonyl (C=O) groups excluding carboxylic acids is 1. The zero-order valence-electron chi connectivity index (χ0n) is 8.29. The van der Waals surface area contributed by atoms with Gasteiger partial charge in [-0.1, -0.05) is 0 Å². The van der Waals surface area contributed by atoms with Gasteiger partial charge in [0.15, 0.2) is 0 Å². The summed E-state index contributed by atoms with van der Waals surface area (Å²) in [6.07, 6.45) is 2.68. The summed E-state index contributed by atoms with van der Waals surface area (Å²) in [4.78, 5) is 16.9. The average Bonchev–Trinajstić information content (AvgIpc) is 2.59. The number of hydrogen-bond acceptors (Lipinski definition) is 2. The predicted octanol–water partition coefficient (Wildman–Crippen LogP) is 2.33. The van der Waals surface area contributed by atoms with Gasteiger partial charge in [0.05, 0.1) is 12.1 Å². The summed E-state index contributed by atoms with van der Waals surface area (Å²) in [5.41, 5.74) is 0.368. The minimum atomic E-state index is -2.75. The Morgan fingerprint density at radius 2 is 2.31 bits per heavy atom. The summed E-state index contributed by atoms with van der Waals surface area (Å²) >= 11 is 3.17. The number of likely N-dealkylation sites (tertiary alicyclic amines) is 1. The summed E-state index contributed by atoms with van der Waals surface area (Å²) < 4.78 is 26.4. The van der Waals surface area contributed by atoms with Crippen molar-refractivity contribution in [3.63, 3.8) is 0 Å². The first-order chi connectivity index (χ1) is 7.49. The molecule has 1 aliphatic rings. The fraction of sp³-hybridized carbons (Fsp3) is 0.400. The Bertz CT molecular complexity index is 425. The molecule has 2 heterocycles. The van der Waals surface area contributed by atoms with Crippen LogP contribution in [0.5, 0.6) is 0 Å². The number of nitrogens with zero attached hydrogens (tertiary/aromatic N) is 2. The van der Waals surface area contributed by atoms with Crippen LogP contribution in [0.4, 0.5) is 8.78 Å². The van der Waals surface area contributed by atoms with Crippen molar-refractivity contribution in [2.75, 3.05) is 13.1 Å². The summed E-state index contributed by atoms with van der Waals surface area (Å²) in [5.74, 6) is -3.14. The monoisotopic (exact) mass is 290 g/mol. The number of rotatable bonds is 1. The molecule has 1 fully saturated rings. The van der Waals surface area contributed by atoms with Crippen molar-refractivity contribution in [2.24, 2.45) is 0 Å². The SMILES string of the molecule is O=C(c1ccncc1Br)N1CCC(F)(F)C1. The Balaban J connectivity index is 2.18. The van der Waals surface area contributed by atoms with Crippen LogP contribution in [0.25, 0.3) is 0 Å². The van der Waals surface area contributed by atoms with Gasteiger partial charge in [-0.2, -0.15) is 0 Å². The van der Waals surface area contributed by atoms with E-state index in [0.717, 1.165) is 0 Å². The van der Waals surface area contributed by atoms with Crippen molar-refractivity contribution in [3.05, 3.63) is 28.5 Å². The lowest BCUT2D eigenvalue weighted by Crippen LogP contribution is -2.31. The molecule has 1 aromatic rings. The van der Waals surface area contributed by atoms with Crippen molar-refractivity contribution in [1.29, 1.82) is 0 Å². The maximum atomic E-state index is 13.0. The maximum absolute atomic E-state index is 13.0. The number of pyridine rings is 1. The van der Waals surface area contributed by atoms with Gasteiger partial charge in [-0.05, 0) is 22.0 Å². The Labute approximate surface area is 99.6 Å². The van der Waals surface area contributed by atoms with E-state index in [-0.39, 0.29) is 18.9 Å². The molecule has 0 unspecified atom stereocenters. The van der Waals surface area contributed by atoms with Crippen LogP contribution in [0.3, 0.4) is 0 Å². The van der Waals surface area contributed by atoms with Gasteiger partial charge < -0.3 is 4.90 Å². The largest absolute Gasteiger partial charge is 0.332 e. The molecular weight excluding hydrogens is 282 g/mol. The van der Waals surface area contributed by atoms with E-state index in [1.165, 1.54) is 23.4 Å². The van der Waals surface area contributed by atoms with Crippen LogP contribution in [-0.4, -0.2) is 34.8 Å². The van der Waals surface area contributed by atoms with Gasteiger partial charge in [-0.3, -0.25) is 9.78 Å². The predicted molar refractivity (Wildman–Crippen MR) is 57.4 cm³/mol. The zero-order valence-corrected chi connectivity index (χ0v) is 9.88. The van der Waals surface area contributed by atoms with Crippen LogP contribution in [0.2, 0.25) is 0 Å². The van der Waals surface area contributed by atoms with Crippen molar-refractivity contribution < 1.29 is 13.6 Å². The Hall–Kier alpha value is -1.04.